The van der Waals surface area contributed by atoms with Gasteiger partial charge in [0, 0.05) is 12.7 Å². The van der Waals surface area contributed by atoms with Crippen LogP contribution in [0.4, 0.5) is 11.4 Å². The molecule has 3 aromatic carbocycles. The normalized spacial score (nSPS) is 10.7. The Hall–Kier alpha value is -3.58. The molecule has 6 nitrogen and oxygen atoms in total. The summed E-state index contributed by atoms with van der Waals surface area (Å²) in [6.45, 7) is 0. The van der Waals surface area contributed by atoms with Gasteiger partial charge in [0.15, 0.2) is 5.16 Å². The van der Waals surface area contributed by atoms with Crippen LogP contribution in [0.3, 0.4) is 0 Å². The summed E-state index contributed by atoms with van der Waals surface area (Å²) in [6, 6.07) is 24.0. The lowest BCUT2D eigenvalue weighted by atomic mass is 10.1. The summed E-state index contributed by atoms with van der Waals surface area (Å²) in [7, 11) is 1.93. The molecule has 4 aromatic rings. The highest BCUT2D eigenvalue weighted by atomic mass is 32.2. The van der Waals surface area contributed by atoms with E-state index in [2.05, 4.69) is 15.6 Å². The van der Waals surface area contributed by atoms with Crippen molar-refractivity contribution in [3.05, 3.63) is 84.4 Å². The van der Waals surface area contributed by atoms with Gasteiger partial charge in [0.05, 0.1) is 28.0 Å². The van der Waals surface area contributed by atoms with E-state index in [1.807, 2.05) is 66.2 Å². The van der Waals surface area contributed by atoms with E-state index in [-0.39, 0.29) is 17.6 Å². The van der Waals surface area contributed by atoms with Crippen LogP contribution in [-0.4, -0.2) is 27.1 Å². The van der Waals surface area contributed by atoms with E-state index in [0.29, 0.717) is 16.9 Å². The predicted molar refractivity (Wildman–Crippen MR) is 121 cm³/mol. The molecule has 0 saturated carbocycles. The number of para-hydroxylation sites is 4. The Bertz CT molecular complexity index is 1200. The lowest BCUT2D eigenvalue weighted by molar-refractivity contribution is -0.113. The number of aryl methyl sites for hydroxylation is 1. The van der Waals surface area contributed by atoms with Crippen LogP contribution in [0.2, 0.25) is 0 Å². The zero-order chi connectivity index (χ0) is 20.9. The van der Waals surface area contributed by atoms with Gasteiger partial charge in [-0.3, -0.25) is 9.59 Å². The van der Waals surface area contributed by atoms with E-state index in [9.17, 15) is 9.59 Å². The zero-order valence-electron chi connectivity index (χ0n) is 16.3. The number of benzene rings is 3. The molecule has 150 valence electrons. The first-order chi connectivity index (χ1) is 14.6. The molecule has 30 heavy (non-hydrogen) atoms. The van der Waals surface area contributed by atoms with E-state index in [1.165, 1.54) is 11.8 Å². The summed E-state index contributed by atoms with van der Waals surface area (Å²) < 4.78 is 1.97. The lowest BCUT2D eigenvalue weighted by Crippen LogP contribution is -2.19. The number of rotatable bonds is 6. The Balaban J connectivity index is 1.43. The van der Waals surface area contributed by atoms with Gasteiger partial charge in [0.2, 0.25) is 5.91 Å². The molecule has 1 heterocycles. The van der Waals surface area contributed by atoms with E-state index in [0.717, 1.165) is 16.2 Å². The number of thioether (sulfide) groups is 1. The highest BCUT2D eigenvalue weighted by Crippen LogP contribution is 2.23. The van der Waals surface area contributed by atoms with Crippen LogP contribution in [0.25, 0.3) is 11.0 Å². The lowest BCUT2D eigenvalue weighted by Gasteiger charge is -2.11. The maximum atomic E-state index is 12.7. The van der Waals surface area contributed by atoms with Gasteiger partial charge < -0.3 is 15.2 Å². The minimum atomic E-state index is -0.278. The van der Waals surface area contributed by atoms with Crippen LogP contribution in [-0.2, 0) is 11.8 Å². The number of fused-ring (bicyclic) bond motifs is 1. The van der Waals surface area contributed by atoms with Crippen LogP contribution >= 0.6 is 11.8 Å². The van der Waals surface area contributed by atoms with Gasteiger partial charge in [0.25, 0.3) is 5.91 Å². The standard InChI is InChI=1S/C23H20N4O2S/c1-27-20-14-8-7-13-19(20)26-23(27)30-15-21(28)25-18-12-6-5-11-17(18)22(29)24-16-9-3-2-4-10-16/h2-14H,15H2,1H3,(H,24,29)(H,25,28). The molecule has 4 rings (SSSR count). The van der Waals surface area contributed by atoms with Crippen molar-refractivity contribution in [1.82, 2.24) is 9.55 Å². The van der Waals surface area contributed by atoms with Crippen molar-refractivity contribution < 1.29 is 9.59 Å². The quantitative estimate of drug-likeness (QED) is 0.452. The first-order valence-electron chi connectivity index (χ1n) is 9.41. The molecular formula is C23H20N4O2S. The van der Waals surface area contributed by atoms with Gasteiger partial charge in [-0.15, -0.1) is 0 Å². The van der Waals surface area contributed by atoms with Gasteiger partial charge in [-0.1, -0.05) is 54.2 Å². The first-order valence-corrected chi connectivity index (χ1v) is 10.4. The summed E-state index contributed by atoms with van der Waals surface area (Å²) in [5.41, 5.74) is 3.49. The maximum absolute atomic E-state index is 12.7. The number of nitrogens with one attached hydrogen (secondary N) is 2. The number of hydrogen-bond acceptors (Lipinski definition) is 4. The number of hydrogen-bond donors (Lipinski definition) is 2. The fourth-order valence-electron chi connectivity index (χ4n) is 3.08. The highest BCUT2D eigenvalue weighted by Gasteiger charge is 2.15. The fourth-order valence-corrected chi connectivity index (χ4v) is 3.87. The van der Waals surface area contributed by atoms with Crippen LogP contribution in [0.15, 0.2) is 84.0 Å². The third kappa shape index (κ3) is 4.36. The zero-order valence-corrected chi connectivity index (χ0v) is 17.1. The highest BCUT2D eigenvalue weighted by molar-refractivity contribution is 7.99. The fraction of sp³-hybridized carbons (Fsp3) is 0.0870. The topological polar surface area (TPSA) is 76.0 Å². The molecule has 2 amide bonds. The summed E-state index contributed by atoms with van der Waals surface area (Å²) in [5, 5.41) is 6.45. The van der Waals surface area contributed by atoms with Crippen molar-refractivity contribution in [2.24, 2.45) is 7.05 Å². The molecular weight excluding hydrogens is 396 g/mol. The summed E-state index contributed by atoms with van der Waals surface area (Å²) >= 11 is 1.36. The van der Waals surface area contributed by atoms with Gasteiger partial charge >= 0.3 is 0 Å². The van der Waals surface area contributed by atoms with Crippen LogP contribution in [0, 0.1) is 0 Å². The third-order valence-corrected chi connectivity index (χ3v) is 5.59. The average molecular weight is 417 g/mol. The molecule has 0 aliphatic rings. The maximum Gasteiger partial charge on any atom is 0.257 e. The van der Waals surface area contributed by atoms with E-state index in [1.54, 1.807) is 24.3 Å². The molecule has 0 saturated heterocycles. The van der Waals surface area contributed by atoms with Gasteiger partial charge in [-0.25, -0.2) is 4.98 Å². The van der Waals surface area contributed by atoms with Gasteiger partial charge in [-0.2, -0.15) is 0 Å². The number of imidazole rings is 1. The molecule has 0 radical (unpaired) electrons. The summed E-state index contributed by atoms with van der Waals surface area (Å²) in [4.78, 5) is 29.8. The van der Waals surface area contributed by atoms with E-state index in [4.69, 9.17) is 0 Å². The van der Waals surface area contributed by atoms with Crippen LogP contribution in [0.5, 0.6) is 0 Å². The van der Waals surface area contributed by atoms with Crippen molar-refractivity contribution in [1.29, 1.82) is 0 Å². The molecule has 7 heteroatoms. The molecule has 0 atom stereocenters. The minimum absolute atomic E-state index is 0.186. The number of nitrogens with zero attached hydrogens (tertiary/aromatic N) is 2. The molecule has 0 spiro atoms. The average Bonchev–Trinajstić information content (AvgIpc) is 3.09. The Morgan fingerprint density at radius 2 is 1.60 bits per heavy atom. The summed E-state index contributed by atoms with van der Waals surface area (Å²) in [6.07, 6.45) is 0. The molecule has 2 N–H and O–H groups in total. The van der Waals surface area contributed by atoms with Crippen LogP contribution in [0.1, 0.15) is 10.4 Å². The number of anilines is 2. The largest absolute Gasteiger partial charge is 0.325 e. The van der Waals surface area contributed by atoms with Crippen molar-refractivity contribution >= 4 is 46.0 Å². The number of carbonyl (C=O) groups excluding carboxylic acids is 2. The van der Waals surface area contributed by atoms with Crippen molar-refractivity contribution in [3.63, 3.8) is 0 Å². The van der Waals surface area contributed by atoms with Crippen LogP contribution < -0.4 is 10.6 Å². The molecule has 0 aliphatic heterocycles. The Labute approximate surface area is 178 Å². The first kappa shape index (κ1) is 19.7. The Morgan fingerprint density at radius 3 is 2.40 bits per heavy atom. The molecule has 0 bridgehead atoms. The predicted octanol–water partition coefficient (Wildman–Crippen LogP) is 4.56. The molecule has 0 aliphatic carbocycles. The number of aromatic nitrogens is 2. The van der Waals surface area contributed by atoms with E-state index >= 15 is 0 Å². The molecule has 0 fully saturated rings. The smallest absolute Gasteiger partial charge is 0.257 e. The second-order valence-electron chi connectivity index (χ2n) is 6.64. The molecule has 0 unspecified atom stereocenters. The number of amides is 2. The minimum Gasteiger partial charge on any atom is -0.325 e. The Kier molecular flexibility index (Phi) is 5.81. The van der Waals surface area contributed by atoms with Crippen molar-refractivity contribution in [3.8, 4) is 0 Å². The van der Waals surface area contributed by atoms with Gasteiger partial charge in [0.1, 0.15) is 0 Å². The molecule has 1 aromatic heterocycles. The van der Waals surface area contributed by atoms with Crippen molar-refractivity contribution in [2.45, 2.75) is 5.16 Å². The number of carbonyl (C=O) groups is 2. The van der Waals surface area contributed by atoms with Gasteiger partial charge in [-0.05, 0) is 36.4 Å². The summed E-state index contributed by atoms with van der Waals surface area (Å²) in [5.74, 6) is -0.293. The SMILES string of the molecule is Cn1c(SCC(=O)Nc2ccccc2C(=O)Nc2ccccc2)nc2ccccc21. The third-order valence-electron chi connectivity index (χ3n) is 4.56. The Morgan fingerprint density at radius 1 is 0.900 bits per heavy atom. The monoisotopic (exact) mass is 416 g/mol. The van der Waals surface area contributed by atoms with E-state index < -0.39 is 0 Å². The second kappa shape index (κ2) is 8.84. The van der Waals surface area contributed by atoms with Crippen molar-refractivity contribution in [2.75, 3.05) is 16.4 Å². The second-order valence-corrected chi connectivity index (χ2v) is 7.59.